The van der Waals surface area contributed by atoms with Gasteiger partial charge in [0.15, 0.2) is 0 Å². The van der Waals surface area contributed by atoms with Gasteiger partial charge in [-0.2, -0.15) is 0 Å². The van der Waals surface area contributed by atoms with E-state index in [1.54, 1.807) is 31.2 Å². The standard InChI is InChI=1S/C18H20N2O6S/c1-9-12(7-19-13-6-4-3-5-11(13)8-27(19,25)26)16(18(23)24)20-15(9)14(10(2)21)17(20)22/h3-6,9-10,14-15,21H,7-8H2,1-2H3,(H,23,24)/t9-,10+,14+,15+/m0/s1. The maximum Gasteiger partial charge on any atom is 0.352 e. The largest absolute Gasteiger partial charge is 0.477 e. The second-order valence-corrected chi connectivity index (χ2v) is 9.22. The zero-order chi connectivity index (χ0) is 19.7. The predicted octanol–water partition coefficient (Wildman–Crippen LogP) is 0.533. The van der Waals surface area contributed by atoms with E-state index in [1.165, 1.54) is 16.1 Å². The van der Waals surface area contributed by atoms with Gasteiger partial charge in [-0.25, -0.2) is 13.2 Å². The number of carboxylic acids is 1. The van der Waals surface area contributed by atoms with Crippen molar-refractivity contribution < 1.29 is 28.2 Å². The Morgan fingerprint density at radius 1 is 1.33 bits per heavy atom. The SMILES string of the molecule is C[C@@H](O)[C@H]1C(=O)N2C(C(=O)O)=C(CN3c4ccccc4CS3(=O)=O)[C@H](C)[C@H]12. The summed E-state index contributed by atoms with van der Waals surface area (Å²) >= 11 is 0. The molecule has 0 aromatic heterocycles. The number of hydrogen-bond acceptors (Lipinski definition) is 5. The number of β-lactam (4-membered cyclic amide) rings is 1. The fourth-order valence-corrected chi connectivity index (χ4v) is 6.10. The van der Waals surface area contributed by atoms with E-state index in [1.807, 2.05) is 0 Å². The van der Waals surface area contributed by atoms with E-state index < -0.39 is 40.0 Å². The lowest BCUT2D eigenvalue weighted by molar-refractivity contribution is -0.163. The maximum atomic E-state index is 12.6. The van der Waals surface area contributed by atoms with Gasteiger partial charge in [-0.05, 0) is 24.1 Å². The highest BCUT2D eigenvalue weighted by Crippen LogP contribution is 2.48. The molecule has 3 heterocycles. The van der Waals surface area contributed by atoms with Crippen LogP contribution in [0.25, 0.3) is 0 Å². The van der Waals surface area contributed by atoms with Crippen LogP contribution in [-0.2, 0) is 25.4 Å². The fraction of sp³-hybridized carbons (Fsp3) is 0.444. The third-order valence-electron chi connectivity index (χ3n) is 5.77. The van der Waals surface area contributed by atoms with Crippen LogP contribution in [0.4, 0.5) is 5.69 Å². The van der Waals surface area contributed by atoms with Crippen LogP contribution in [0, 0.1) is 11.8 Å². The predicted molar refractivity (Wildman–Crippen MR) is 96.0 cm³/mol. The molecule has 1 amide bonds. The van der Waals surface area contributed by atoms with Crippen LogP contribution in [0.15, 0.2) is 35.5 Å². The molecule has 0 aliphatic carbocycles. The van der Waals surface area contributed by atoms with Crippen LogP contribution in [0.1, 0.15) is 19.4 Å². The molecule has 0 radical (unpaired) electrons. The molecule has 1 fully saturated rings. The topological polar surface area (TPSA) is 115 Å². The molecule has 8 nitrogen and oxygen atoms in total. The molecule has 2 N–H and O–H groups in total. The first kappa shape index (κ1) is 18.0. The zero-order valence-electron chi connectivity index (χ0n) is 14.9. The van der Waals surface area contributed by atoms with Crippen molar-refractivity contribution in [2.24, 2.45) is 11.8 Å². The number of hydrogen-bond donors (Lipinski definition) is 2. The summed E-state index contributed by atoms with van der Waals surface area (Å²) in [6.07, 6.45) is -0.896. The number of carboxylic acid groups (broad SMARTS) is 1. The molecule has 4 rings (SSSR count). The molecule has 1 aromatic carbocycles. The number of rotatable bonds is 4. The van der Waals surface area contributed by atoms with Crippen LogP contribution < -0.4 is 4.31 Å². The lowest BCUT2D eigenvalue weighted by Gasteiger charge is -2.46. The second kappa shape index (κ2) is 5.80. The minimum absolute atomic E-state index is 0.116. The van der Waals surface area contributed by atoms with Crippen molar-refractivity contribution in [3.63, 3.8) is 0 Å². The van der Waals surface area contributed by atoms with Gasteiger partial charge in [-0.1, -0.05) is 25.1 Å². The van der Waals surface area contributed by atoms with Crippen LogP contribution in [0.2, 0.25) is 0 Å². The molecule has 3 aliphatic rings. The van der Waals surface area contributed by atoms with E-state index >= 15 is 0 Å². The highest BCUT2D eigenvalue weighted by atomic mass is 32.2. The number of fused-ring (bicyclic) bond motifs is 2. The van der Waals surface area contributed by atoms with Crippen molar-refractivity contribution in [1.29, 1.82) is 0 Å². The fourth-order valence-electron chi connectivity index (χ4n) is 4.49. The highest BCUT2D eigenvalue weighted by molar-refractivity contribution is 7.92. The Morgan fingerprint density at radius 2 is 2.00 bits per heavy atom. The number of anilines is 1. The smallest absolute Gasteiger partial charge is 0.352 e. The van der Waals surface area contributed by atoms with Gasteiger partial charge in [0.1, 0.15) is 5.70 Å². The van der Waals surface area contributed by atoms with E-state index in [9.17, 15) is 28.2 Å². The summed E-state index contributed by atoms with van der Waals surface area (Å²) in [4.78, 5) is 25.5. The summed E-state index contributed by atoms with van der Waals surface area (Å²) in [6, 6.07) is 6.46. The molecular formula is C18H20N2O6S. The molecule has 0 saturated carbocycles. The van der Waals surface area contributed by atoms with Gasteiger partial charge in [0.25, 0.3) is 0 Å². The van der Waals surface area contributed by atoms with Crippen LogP contribution >= 0.6 is 0 Å². The minimum atomic E-state index is -3.61. The van der Waals surface area contributed by atoms with Gasteiger partial charge in [-0.3, -0.25) is 9.10 Å². The molecule has 144 valence electrons. The first-order valence-corrected chi connectivity index (χ1v) is 10.3. The molecule has 1 saturated heterocycles. The molecule has 0 unspecified atom stereocenters. The molecule has 4 atom stereocenters. The molecule has 0 spiro atoms. The molecule has 9 heteroatoms. The van der Waals surface area contributed by atoms with Gasteiger partial charge in [0.05, 0.1) is 36.0 Å². The van der Waals surface area contributed by atoms with E-state index in [-0.39, 0.29) is 23.9 Å². The number of nitrogens with zero attached hydrogens (tertiary/aromatic N) is 2. The number of benzene rings is 1. The summed E-state index contributed by atoms with van der Waals surface area (Å²) < 4.78 is 26.5. The average molecular weight is 392 g/mol. The first-order valence-electron chi connectivity index (χ1n) is 8.71. The quantitative estimate of drug-likeness (QED) is 0.723. The van der Waals surface area contributed by atoms with Gasteiger partial charge in [0.2, 0.25) is 15.9 Å². The van der Waals surface area contributed by atoms with Crippen molar-refractivity contribution in [1.82, 2.24) is 4.90 Å². The second-order valence-electron chi connectivity index (χ2n) is 7.32. The van der Waals surface area contributed by atoms with E-state index in [4.69, 9.17) is 0 Å². The lowest BCUT2D eigenvalue weighted by atomic mass is 9.78. The zero-order valence-corrected chi connectivity index (χ0v) is 15.7. The van der Waals surface area contributed by atoms with E-state index in [0.717, 1.165) is 0 Å². The number of sulfonamides is 1. The molecule has 27 heavy (non-hydrogen) atoms. The molecule has 1 aromatic rings. The summed E-state index contributed by atoms with van der Waals surface area (Å²) in [5.74, 6) is -2.86. The monoisotopic (exact) mass is 392 g/mol. The minimum Gasteiger partial charge on any atom is -0.477 e. The number of carbonyl (C=O) groups excluding carboxylic acids is 1. The number of carbonyl (C=O) groups is 2. The third kappa shape index (κ3) is 2.41. The van der Waals surface area contributed by atoms with E-state index in [2.05, 4.69) is 0 Å². The number of aliphatic carboxylic acids is 1. The van der Waals surface area contributed by atoms with Gasteiger partial charge >= 0.3 is 5.97 Å². The van der Waals surface area contributed by atoms with Gasteiger partial charge in [0, 0.05) is 5.92 Å². The van der Waals surface area contributed by atoms with Gasteiger partial charge < -0.3 is 15.1 Å². The van der Waals surface area contributed by atoms with E-state index in [0.29, 0.717) is 16.8 Å². The Labute approximate surface area is 156 Å². The van der Waals surface area contributed by atoms with Crippen molar-refractivity contribution in [2.75, 3.05) is 10.8 Å². The molecule has 0 bridgehead atoms. The Hall–Kier alpha value is -2.39. The molecular weight excluding hydrogens is 372 g/mol. The molecule has 3 aliphatic heterocycles. The van der Waals surface area contributed by atoms with Gasteiger partial charge in [-0.15, -0.1) is 0 Å². The Morgan fingerprint density at radius 3 is 2.63 bits per heavy atom. The summed E-state index contributed by atoms with van der Waals surface area (Å²) in [6.45, 7) is 3.17. The first-order chi connectivity index (χ1) is 12.6. The normalized spacial score (nSPS) is 29.4. The van der Waals surface area contributed by atoms with Crippen molar-refractivity contribution >= 4 is 27.6 Å². The Balaban J connectivity index is 1.75. The van der Waals surface area contributed by atoms with Crippen molar-refractivity contribution in [2.45, 2.75) is 31.7 Å². The van der Waals surface area contributed by atoms with Crippen LogP contribution in [0.5, 0.6) is 0 Å². The Kier molecular flexibility index (Phi) is 3.87. The maximum absolute atomic E-state index is 12.6. The number of aliphatic hydroxyl groups is 1. The summed E-state index contributed by atoms with van der Waals surface area (Å²) in [5, 5.41) is 19.6. The summed E-state index contributed by atoms with van der Waals surface area (Å²) in [5.41, 5.74) is 1.44. The number of amides is 1. The van der Waals surface area contributed by atoms with Crippen molar-refractivity contribution in [3.05, 3.63) is 41.1 Å². The van der Waals surface area contributed by atoms with Crippen LogP contribution in [0.3, 0.4) is 0 Å². The highest BCUT2D eigenvalue weighted by Gasteiger charge is 2.60. The lowest BCUT2D eigenvalue weighted by Crippen LogP contribution is -2.63. The Bertz CT molecular complexity index is 983. The number of para-hydroxylation sites is 1. The van der Waals surface area contributed by atoms with Crippen molar-refractivity contribution in [3.8, 4) is 0 Å². The summed E-state index contributed by atoms with van der Waals surface area (Å²) in [7, 11) is -3.61. The van der Waals surface area contributed by atoms with Crippen LogP contribution in [-0.4, -0.2) is 54.1 Å². The third-order valence-corrected chi connectivity index (χ3v) is 7.44. The number of aliphatic hydroxyl groups excluding tert-OH is 1. The average Bonchev–Trinajstić information content (AvgIpc) is 2.97.